The summed E-state index contributed by atoms with van der Waals surface area (Å²) in [7, 11) is 0. The minimum atomic E-state index is -1.26. The molecular weight excluding hydrogens is 534 g/mol. The Labute approximate surface area is 234 Å². The molecule has 216 valence electrons. The number of nitrogens with zero attached hydrogens (tertiary/aromatic N) is 7. The van der Waals surface area contributed by atoms with Crippen molar-refractivity contribution in [2.75, 3.05) is 10.2 Å². The van der Waals surface area contributed by atoms with Gasteiger partial charge in [-0.3, -0.25) is 24.1 Å². The highest BCUT2D eigenvalue weighted by molar-refractivity contribution is 6.06. The van der Waals surface area contributed by atoms with E-state index >= 15 is 0 Å². The van der Waals surface area contributed by atoms with E-state index < -0.39 is 48.2 Å². The second kappa shape index (κ2) is 13.4. The van der Waals surface area contributed by atoms with Gasteiger partial charge >= 0.3 is 5.97 Å². The summed E-state index contributed by atoms with van der Waals surface area (Å²) in [6.45, 7) is 3.75. The van der Waals surface area contributed by atoms with Gasteiger partial charge in [-0.25, -0.2) is 15.0 Å². The summed E-state index contributed by atoms with van der Waals surface area (Å²) in [6, 6.07) is 2.01. The number of carboxylic acid groups (broad SMARTS) is 1. The summed E-state index contributed by atoms with van der Waals surface area (Å²) in [5.74, 6) is -2.26. The number of aliphatic carboxylic acids is 1. The molecule has 0 aromatic carbocycles. The zero-order chi connectivity index (χ0) is 29.4. The number of aromatic nitrogens is 7. The van der Waals surface area contributed by atoms with Crippen molar-refractivity contribution in [1.82, 2.24) is 46.2 Å². The topological polar surface area (TPSA) is 221 Å². The van der Waals surface area contributed by atoms with E-state index in [2.05, 4.69) is 51.5 Å². The first-order valence-electron chi connectivity index (χ1n) is 13.1. The lowest BCUT2D eigenvalue weighted by Gasteiger charge is -2.30. The van der Waals surface area contributed by atoms with Crippen molar-refractivity contribution < 1.29 is 24.3 Å². The van der Waals surface area contributed by atoms with Crippen LogP contribution in [0.25, 0.3) is 0 Å². The number of amides is 3. The van der Waals surface area contributed by atoms with Gasteiger partial charge < -0.3 is 21.1 Å². The number of nitrogens with one attached hydrogen (secondary N) is 4. The van der Waals surface area contributed by atoms with Crippen LogP contribution in [0.3, 0.4) is 0 Å². The Morgan fingerprint density at radius 2 is 1.90 bits per heavy atom. The molecular formula is C25H31N11O5. The summed E-state index contributed by atoms with van der Waals surface area (Å²) in [4.78, 5) is 66.1. The monoisotopic (exact) mass is 565 g/mol. The van der Waals surface area contributed by atoms with Gasteiger partial charge in [-0.1, -0.05) is 31.5 Å². The minimum Gasteiger partial charge on any atom is -0.481 e. The summed E-state index contributed by atoms with van der Waals surface area (Å²) in [5, 5.41) is 31.2. The fourth-order valence-corrected chi connectivity index (χ4v) is 4.43. The molecule has 3 aromatic rings. The molecule has 16 nitrogen and oxygen atoms in total. The van der Waals surface area contributed by atoms with E-state index in [-0.39, 0.29) is 42.9 Å². The van der Waals surface area contributed by atoms with E-state index in [4.69, 9.17) is 0 Å². The van der Waals surface area contributed by atoms with Crippen molar-refractivity contribution in [1.29, 1.82) is 0 Å². The molecule has 0 fully saturated rings. The number of rotatable bonds is 13. The normalized spacial score (nSPS) is 16.2. The summed E-state index contributed by atoms with van der Waals surface area (Å²) in [6.07, 6.45) is 4.75. The van der Waals surface area contributed by atoms with Crippen LogP contribution < -0.4 is 20.9 Å². The SMILES string of the molecule is CC[C@H](C)C(Nc1ncccn1)C(=O)N[C@@H](CCC(=O)O)C(=O)N1c2ncccc2C[C@H]1C(=O)NCc1nn[nH]n1. The smallest absolute Gasteiger partial charge is 0.303 e. The van der Waals surface area contributed by atoms with Crippen LogP contribution in [0.4, 0.5) is 11.8 Å². The van der Waals surface area contributed by atoms with Crippen LogP contribution in [0.5, 0.6) is 0 Å². The highest BCUT2D eigenvalue weighted by Gasteiger charge is 2.42. The molecule has 0 bridgehead atoms. The van der Waals surface area contributed by atoms with E-state index in [0.29, 0.717) is 12.0 Å². The van der Waals surface area contributed by atoms with E-state index in [9.17, 15) is 24.3 Å². The number of carboxylic acids is 1. The van der Waals surface area contributed by atoms with Crippen molar-refractivity contribution in [3.05, 3.63) is 48.2 Å². The molecule has 4 heterocycles. The lowest BCUT2D eigenvalue weighted by atomic mass is 9.97. The quantitative estimate of drug-likeness (QED) is 0.182. The van der Waals surface area contributed by atoms with Crippen molar-refractivity contribution >= 4 is 35.5 Å². The van der Waals surface area contributed by atoms with Crippen LogP contribution in [0.1, 0.15) is 44.5 Å². The van der Waals surface area contributed by atoms with E-state index in [1.807, 2.05) is 13.8 Å². The van der Waals surface area contributed by atoms with Crippen LogP contribution in [-0.2, 0) is 32.1 Å². The molecule has 1 aliphatic rings. The molecule has 0 radical (unpaired) electrons. The van der Waals surface area contributed by atoms with Gasteiger partial charge in [-0.2, -0.15) is 5.21 Å². The zero-order valence-electron chi connectivity index (χ0n) is 22.5. The maximum atomic E-state index is 14.0. The van der Waals surface area contributed by atoms with Crippen molar-refractivity contribution in [3.8, 4) is 0 Å². The number of carbonyl (C=O) groups is 4. The molecule has 3 aromatic heterocycles. The number of fused-ring (bicyclic) bond motifs is 1. The molecule has 41 heavy (non-hydrogen) atoms. The van der Waals surface area contributed by atoms with Crippen molar-refractivity contribution in [2.45, 2.75) is 64.2 Å². The molecule has 4 atom stereocenters. The fourth-order valence-electron chi connectivity index (χ4n) is 4.43. The van der Waals surface area contributed by atoms with Gasteiger partial charge in [0.25, 0.3) is 5.91 Å². The van der Waals surface area contributed by atoms with Gasteiger partial charge in [0.1, 0.15) is 23.9 Å². The van der Waals surface area contributed by atoms with Crippen LogP contribution in [0.15, 0.2) is 36.8 Å². The third-order valence-electron chi connectivity index (χ3n) is 6.78. The number of aromatic amines is 1. The summed E-state index contributed by atoms with van der Waals surface area (Å²) < 4.78 is 0. The second-order valence-electron chi connectivity index (χ2n) is 9.53. The van der Waals surface area contributed by atoms with E-state index in [1.165, 1.54) is 23.5 Å². The second-order valence-corrected chi connectivity index (χ2v) is 9.53. The number of hydrogen-bond donors (Lipinski definition) is 5. The Morgan fingerprint density at radius 1 is 1.15 bits per heavy atom. The number of anilines is 2. The van der Waals surface area contributed by atoms with Crippen molar-refractivity contribution in [2.24, 2.45) is 5.92 Å². The molecule has 1 aliphatic heterocycles. The molecule has 0 saturated heterocycles. The largest absolute Gasteiger partial charge is 0.481 e. The maximum Gasteiger partial charge on any atom is 0.303 e. The van der Waals surface area contributed by atoms with Crippen LogP contribution in [0.2, 0.25) is 0 Å². The van der Waals surface area contributed by atoms with Gasteiger partial charge in [0, 0.05) is 31.4 Å². The highest BCUT2D eigenvalue weighted by atomic mass is 16.4. The standard InChI is InChI=1S/C25H31N11O5/c1-3-14(2)20(31-25-27-10-5-11-28-25)23(40)30-16(7-8-19(37)38)24(41)36-17(12-15-6-4-9-26-21(15)36)22(39)29-13-18-32-34-35-33-18/h4-6,9-11,14,16-17,20H,3,7-8,12-13H2,1-2H3,(H,29,39)(H,30,40)(H,37,38)(H,27,28,31)(H,32,33,34,35)/t14-,16-,17-,20?/m0/s1. The molecule has 0 spiro atoms. The Bertz CT molecular complexity index is 1350. The molecule has 16 heteroatoms. The summed E-state index contributed by atoms with van der Waals surface area (Å²) in [5.41, 5.74) is 0.657. The molecule has 1 unspecified atom stereocenters. The Hall–Kier alpha value is -5.02. The average Bonchev–Trinajstić information content (AvgIpc) is 3.64. The van der Waals surface area contributed by atoms with Crippen LogP contribution in [-0.4, -0.2) is 82.5 Å². The maximum absolute atomic E-state index is 14.0. The number of pyridine rings is 1. The summed E-state index contributed by atoms with van der Waals surface area (Å²) >= 11 is 0. The molecule has 0 aliphatic carbocycles. The van der Waals surface area contributed by atoms with Gasteiger partial charge in [-0.15, -0.1) is 10.2 Å². The third-order valence-corrected chi connectivity index (χ3v) is 6.78. The Morgan fingerprint density at radius 3 is 2.59 bits per heavy atom. The molecule has 3 amide bonds. The molecule has 5 N–H and O–H groups in total. The average molecular weight is 566 g/mol. The number of hydrogen-bond acceptors (Lipinski definition) is 11. The first kappa shape index (κ1) is 29.0. The van der Waals surface area contributed by atoms with E-state index in [0.717, 1.165) is 0 Å². The van der Waals surface area contributed by atoms with Gasteiger partial charge in [0.05, 0.1) is 6.54 Å². The van der Waals surface area contributed by atoms with Crippen molar-refractivity contribution in [3.63, 3.8) is 0 Å². The first-order valence-corrected chi connectivity index (χ1v) is 13.1. The Balaban J connectivity index is 1.59. The van der Waals surface area contributed by atoms with Gasteiger partial charge in [0.2, 0.25) is 17.8 Å². The third kappa shape index (κ3) is 7.14. The minimum absolute atomic E-state index is 0.0272. The highest BCUT2D eigenvalue weighted by Crippen LogP contribution is 2.31. The van der Waals surface area contributed by atoms with Gasteiger partial charge in [-0.05, 0) is 30.0 Å². The van der Waals surface area contributed by atoms with E-state index in [1.54, 1.807) is 18.2 Å². The zero-order valence-corrected chi connectivity index (χ0v) is 22.5. The predicted octanol–water partition coefficient (Wildman–Crippen LogP) is -0.165. The lowest BCUT2D eigenvalue weighted by Crippen LogP contribution is -2.57. The number of carbonyl (C=O) groups excluding carboxylic acids is 3. The van der Waals surface area contributed by atoms with Crippen LogP contribution >= 0.6 is 0 Å². The first-order chi connectivity index (χ1) is 19.8. The van der Waals surface area contributed by atoms with Crippen LogP contribution in [0, 0.1) is 5.92 Å². The Kier molecular flexibility index (Phi) is 9.44. The number of tetrazole rings is 1. The number of H-pyrrole nitrogens is 1. The molecule has 4 rings (SSSR count). The predicted molar refractivity (Wildman–Crippen MR) is 143 cm³/mol. The molecule has 0 saturated carbocycles. The lowest BCUT2D eigenvalue weighted by molar-refractivity contribution is -0.138. The fraction of sp³-hybridized carbons (Fsp3) is 0.440. The van der Waals surface area contributed by atoms with Gasteiger partial charge in [0.15, 0.2) is 5.82 Å².